The Morgan fingerprint density at radius 3 is 2.50 bits per heavy atom. The van der Waals surface area contributed by atoms with Crippen LogP contribution in [-0.2, 0) is 0 Å². The summed E-state index contributed by atoms with van der Waals surface area (Å²) in [5, 5.41) is -0.344. The molecule has 5 rings (SSSR count). The third kappa shape index (κ3) is 2.26. The van der Waals surface area contributed by atoms with Crippen molar-refractivity contribution in [1.29, 1.82) is 0 Å². The lowest BCUT2D eigenvalue weighted by Gasteiger charge is -2.24. The SMILES string of the molecule is NNc1c(F)c(N2CC[C@@H](N)C2)c(F)c2c1c(=O)c1c(=O)[nH]sc1n2C1CC1. The van der Waals surface area contributed by atoms with Gasteiger partial charge in [0.1, 0.15) is 21.6 Å². The third-order valence-corrected chi connectivity index (χ3v) is 6.40. The van der Waals surface area contributed by atoms with Gasteiger partial charge < -0.3 is 20.6 Å². The molecule has 1 aliphatic heterocycles. The molecule has 8 nitrogen and oxygen atoms in total. The molecule has 2 aromatic heterocycles. The van der Waals surface area contributed by atoms with Crippen LogP contribution in [-0.4, -0.2) is 28.1 Å². The highest BCUT2D eigenvalue weighted by Gasteiger charge is 2.35. The first-order valence-electron chi connectivity index (χ1n) is 9.01. The van der Waals surface area contributed by atoms with Gasteiger partial charge >= 0.3 is 0 Å². The van der Waals surface area contributed by atoms with Crippen molar-refractivity contribution in [3.05, 3.63) is 32.2 Å². The second-order valence-corrected chi connectivity index (χ2v) is 8.15. The second-order valence-electron chi connectivity index (χ2n) is 7.36. The van der Waals surface area contributed by atoms with Gasteiger partial charge in [0.2, 0.25) is 5.43 Å². The van der Waals surface area contributed by atoms with Gasteiger partial charge in [-0.2, -0.15) is 0 Å². The van der Waals surface area contributed by atoms with Crippen LogP contribution in [0, 0.1) is 11.6 Å². The topological polar surface area (TPSA) is 122 Å². The van der Waals surface area contributed by atoms with Gasteiger partial charge in [-0.25, -0.2) is 8.78 Å². The first kappa shape index (κ1) is 17.6. The van der Waals surface area contributed by atoms with Gasteiger partial charge in [0.15, 0.2) is 11.6 Å². The van der Waals surface area contributed by atoms with Crippen LogP contribution in [0.15, 0.2) is 9.59 Å². The number of nitrogen functional groups attached to an aromatic ring is 1. The molecule has 1 atom stereocenters. The number of nitrogens with two attached hydrogens (primary N) is 2. The lowest BCUT2D eigenvalue weighted by atomic mass is 10.1. The average Bonchev–Trinajstić information content (AvgIpc) is 3.30. The Morgan fingerprint density at radius 2 is 1.89 bits per heavy atom. The summed E-state index contributed by atoms with van der Waals surface area (Å²) in [5.74, 6) is 3.76. The van der Waals surface area contributed by atoms with E-state index in [0.717, 1.165) is 24.4 Å². The fraction of sp³-hybridized carbons (Fsp3) is 0.412. The fourth-order valence-electron chi connectivity index (χ4n) is 4.09. The molecule has 148 valence electrons. The highest BCUT2D eigenvalue weighted by atomic mass is 32.1. The molecule has 0 radical (unpaired) electrons. The van der Waals surface area contributed by atoms with Crippen molar-refractivity contribution in [2.45, 2.75) is 31.3 Å². The maximum absolute atomic E-state index is 15.8. The lowest BCUT2D eigenvalue weighted by Crippen LogP contribution is -2.29. The number of aromatic nitrogens is 2. The zero-order valence-corrected chi connectivity index (χ0v) is 15.5. The van der Waals surface area contributed by atoms with E-state index in [1.807, 2.05) is 0 Å². The van der Waals surface area contributed by atoms with E-state index < -0.39 is 22.6 Å². The smallest absolute Gasteiger partial charge is 0.271 e. The highest BCUT2D eigenvalue weighted by Crippen LogP contribution is 2.44. The Kier molecular flexibility index (Phi) is 3.77. The number of anilines is 2. The van der Waals surface area contributed by atoms with Crippen LogP contribution in [0.2, 0.25) is 0 Å². The number of nitrogens with zero attached hydrogens (tertiary/aromatic N) is 2. The molecule has 11 heteroatoms. The zero-order valence-electron chi connectivity index (χ0n) is 14.7. The summed E-state index contributed by atoms with van der Waals surface area (Å²) in [4.78, 5) is 27.2. The minimum absolute atomic E-state index is 0.0277. The van der Waals surface area contributed by atoms with Crippen LogP contribution in [0.4, 0.5) is 20.2 Å². The maximum atomic E-state index is 15.8. The molecule has 1 aliphatic carbocycles. The number of rotatable bonds is 3. The van der Waals surface area contributed by atoms with Crippen LogP contribution in [0.1, 0.15) is 25.3 Å². The first-order chi connectivity index (χ1) is 13.4. The summed E-state index contributed by atoms with van der Waals surface area (Å²) < 4.78 is 35.2. The average molecular weight is 408 g/mol. The van der Waals surface area contributed by atoms with Crippen LogP contribution in [0.5, 0.6) is 0 Å². The summed E-state index contributed by atoms with van der Waals surface area (Å²) in [6.45, 7) is 0.703. The predicted octanol–water partition coefficient (Wildman–Crippen LogP) is 1.34. The van der Waals surface area contributed by atoms with Gasteiger partial charge in [0.25, 0.3) is 5.56 Å². The minimum atomic E-state index is -0.952. The van der Waals surface area contributed by atoms with E-state index in [4.69, 9.17) is 11.6 Å². The van der Waals surface area contributed by atoms with Crippen LogP contribution >= 0.6 is 11.5 Å². The van der Waals surface area contributed by atoms with Crippen molar-refractivity contribution in [1.82, 2.24) is 8.94 Å². The zero-order chi connectivity index (χ0) is 19.7. The Bertz CT molecular complexity index is 1240. The largest absolute Gasteiger partial charge is 0.365 e. The van der Waals surface area contributed by atoms with Gasteiger partial charge in [0, 0.05) is 25.2 Å². The van der Waals surface area contributed by atoms with E-state index in [9.17, 15) is 9.59 Å². The maximum Gasteiger partial charge on any atom is 0.271 e. The van der Waals surface area contributed by atoms with Crippen LogP contribution < -0.4 is 32.9 Å². The van der Waals surface area contributed by atoms with E-state index in [1.54, 1.807) is 9.47 Å². The van der Waals surface area contributed by atoms with Crippen molar-refractivity contribution in [3.8, 4) is 0 Å². The monoisotopic (exact) mass is 408 g/mol. The van der Waals surface area contributed by atoms with Crippen LogP contribution in [0.25, 0.3) is 21.1 Å². The summed E-state index contributed by atoms with van der Waals surface area (Å²) in [5.41, 5.74) is 6.25. The Balaban J connectivity index is 1.99. The molecule has 3 heterocycles. The fourth-order valence-corrected chi connectivity index (χ4v) is 5.00. The Morgan fingerprint density at radius 1 is 1.14 bits per heavy atom. The summed E-state index contributed by atoms with van der Waals surface area (Å²) in [7, 11) is 0. The number of pyridine rings is 1. The number of benzene rings is 1. The normalized spacial score (nSPS) is 19.9. The predicted molar refractivity (Wildman–Crippen MR) is 105 cm³/mol. The summed E-state index contributed by atoms with van der Waals surface area (Å²) in [6.07, 6.45) is 2.17. The molecule has 3 aromatic rings. The molecule has 2 aliphatic rings. The van der Waals surface area contributed by atoms with Gasteiger partial charge in [0.05, 0.1) is 10.9 Å². The number of hydrazine groups is 1. The Labute approximate surface area is 160 Å². The van der Waals surface area contributed by atoms with Crippen LogP contribution in [0.3, 0.4) is 0 Å². The van der Waals surface area contributed by atoms with E-state index >= 15 is 8.78 Å². The molecule has 2 fully saturated rings. The number of fused-ring (bicyclic) bond motifs is 2. The number of aromatic amines is 1. The van der Waals surface area contributed by atoms with E-state index in [-0.39, 0.29) is 39.7 Å². The molecule has 6 N–H and O–H groups in total. The molecule has 0 amide bonds. The van der Waals surface area contributed by atoms with Gasteiger partial charge in [-0.1, -0.05) is 0 Å². The number of H-pyrrole nitrogens is 1. The Hall–Kier alpha value is -2.50. The quantitative estimate of drug-likeness (QED) is 0.383. The number of hydrogen-bond acceptors (Lipinski definition) is 7. The van der Waals surface area contributed by atoms with Crippen molar-refractivity contribution in [2.75, 3.05) is 23.4 Å². The lowest BCUT2D eigenvalue weighted by molar-refractivity contribution is 0.581. The van der Waals surface area contributed by atoms with Gasteiger partial charge in [-0.15, -0.1) is 0 Å². The number of nitrogens with one attached hydrogen (secondary N) is 2. The second kappa shape index (κ2) is 6.00. The highest BCUT2D eigenvalue weighted by molar-refractivity contribution is 7.12. The molecule has 0 bridgehead atoms. The van der Waals surface area contributed by atoms with Gasteiger partial charge in [-0.05, 0) is 30.8 Å². The first-order valence-corrected chi connectivity index (χ1v) is 9.83. The molecule has 0 spiro atoms. The molecule has 1 aromatic carbocycles. The number of halogens is 2. The van der Waals surface area contributed by atoms with Crippen molar-refractivity contribution in [2.24, 2.45) is 11.6 Å². The molecule has 28 heavy (non-hydrogen) atoms. The standard InChI is InChI=1S/C17H18F2N6O2S/c18-10-12(22-21)8-13(11(19)14(10)24-4-3-6(20)5-24)25(7-1-2-7)17-9(15(8)26)16(27)23-28-17/h6-7,22H,1-5,20-21H2,(H,23,27)/t6-/m1/s1. The summed E-state index contributed by atoms with van der Waals surface area (Å²) in [6, 6.07) is -0.247. The molecule has 1 saturated heterocycles. The van der Waals surface area contributed by atoms with Crippen molar-refractivity contribution in [3.63, 3.8) is 0 Å². The molecule has 1 saturated carbocycles. The number of hydrogen-bond donors (Lipinski definition) is 4. The van der Waals surface area contributed by atoms with E-state index in [2.05, 4.69) is 9.80 Å². The van der Waals surface area contributed by atoms with Gasteiger partial charge in [-0.3, -0.25) is 19.8 Å². The molecular weight excluding hydrogens is 390 g/mol. The molecular formula is C17H18F2N6O2S. The third-order valence-electron chi connectivity index (χ3n) is 5.52. The molecule has 0 unspecified atom stereocenters. The van der Waals surface area contributed by atoms with Crippen molar-refractivity contribution >= 4 is 44.0 Å². The van der Waals surface area contributed by atoms with E-state index in [1.165, 1.54) is 0 Å². The minimum Gasteiger partial charge on any atom is -0.365 e. The van der Waals surface area contributed by atoms with Crippen molar-refractivity contribution < 1.29 is 8.78 Å². The van der Waals surface area contributed by atoms with E-state index in [0.29, 0.717) is 24.3 Å². The summed E-state index contributed by atoms with van der Waals surface area (Å²) >= 11 is 0.983.